The summed E-state index contributed by atoms with van der Waals surface area (Å²) in [6.45, 7) is 27.4. The summed E-state index contributed by atoms with van der Waals surface area (Å²) in [5, 5.41) is 23.0. The molecule has 0 radical (unpaired) electrons. The lowest BCUT2D eigenvalue weighted by atomic mass is 9.91. The van der Waals surface area contributed by atoms with Crippen LogP contribution in [0.15, 0.2) is 12.2 Å². The van der Waals surface area contributed by atoms with Crippen LogP contribution in [0.5, 0.6) is 0 Å². The first-order valence-corrected chi connectivity index (χ1v) is 30.2. The molecule has 1 saturated heterocycles. The van der Waals surface area contributed by atoms with Crippen LogP contribution >= 0.6 is 0 Å². The van der Waals surface area contributed by atoms with Gasteiger partial charge in [0.05, 0.1) is 12.6 Å². The smallest absolute Gasteiger partial charge is 0.246 e. The van der Waals surface area contributed by atoms with E-state index in [0.29, 0.717) is 12.8 Å². The largest absolute Gasteiger partial charge is 0.390 e. The second-order valence-corrected chi connectivity index (χ2v) is 25.3. The number of likely N-dealkylation sites (N-methyl/N-ethyl adjacent to an activating group) is 7. The summed E-state index contributed by atoms with van der Waals surface area (Å²) in [7, 11) is 9.90. The molecule has 1 fully saturated rings. The van der Waals surface area contributed by atoms with Crippen molar-refractivity contribution in [3.63, 3.8) is 0 Å². The summed E-state index contributed by atoms with van der Waals surface area (Å²) in [5.41, 5.74) is 0. The van der Waals surface area contributed by atoms with Crippen LogP contribution in [0.25, 0.3) is 0 Å². The Morgan fingerprint density at radius 2 is 0.940 bits per heavy atom. The van der Waals surface area contributed by atoms with Gasteiger partial charge in [-0.15, -0.1) is 0 Å². The highest BCUT2D eigenvalue weighted by atomic mass is 16.3. The number of hydrogen-bond acceptors (Lipinski definition) is 12. The molecule has 1 aliphatic heterocycles. The Bertz CT molecular complexity index is 2290. The molecule has 5 N–H and O–H groups in total. The van der Waals surface area contributed by atoms with E-state index in [0.717, 1.165) is 9.80 Å². The van der Waals surface area contributed by atoms with Gasteiger partial charge in [-0.3, -0.25) is 52.7 Å². The van der Waals surface area contributed by atoms with Crippen LogP contribution in [0.3, 0.4) is 0 Å². The maximum atomic E-state index is 15.1. The molecule has 12 atom stereocenters. The third kappa shape index (κ3) is 20.8. The van der Waals surface area contributed by atoms with Crippen molar-refractivity contribution >= 4 is 65.0 Å². The van der Waals surface area contributed by atoms with Crippen LogP contribution in [0.2, 0.25) is 0 Å². The first-order valence-electron chi connectivity index (χ1n) is 30.2. The Kier molecular flexibility index (Phi) is 31.4. The minimum absolute atomic E-state index is 0.0253. The molecular formula is C61H109N11O12. The number of amides is 11. The molecule has 0 aromatic heterocycles. The summed E-state index contributed by atoms with van der Waals surface area (Å²) >= 11 is 0. The average molecular weight is 1190 g/mol. The Morgan fingerprint density at radius 1 is 0.488 bits per heavy atom. The van der Waals surface area contributed by atoms with Crippen molar-refractivity contribution in [2.24, 2.45) is 35.5 Å². The van der Waals surface area contributed by atoms with Crippen LogP contribution in [0.4, 0.5) is 0 Å². The second kappa shape index (κ2) is 34.7. The molecule has 23 nitrogen and oxygen atoms in total. The van der Waals surface area contributed by atoms with Crippen molar-refractivity contribution in [1.29, 1.82) is 0 Å². The lowest BCUT2D eigenvalue weighted by Gasteiger charge is -2.41. The van der Waals surface area contributed by atoms with E-state index < -0.39 is 156 Å². The first-order chi connectivity index (χ1) is 38.9. The molecule has 1 heterocycles. The van der Waals surface area contributed by atoms with Crippen molar-refractivity contribution < 1.29 is 57.8 Å². The number of allylic oxidation sites excluding steroid dienone is 2. The van der Waals surface area contributed by atoms with Crippen molar-refractivity contribution in [2.75, 3.05) is 55.9 Å². The van der Waals surface area contributed by atoms with Gasteiger partial charge < -0.3 is 60.7 Å². The van der Waals surface area contributed by atoms with E-state index >= 15 is 9.59 Å². The van der Waals surface area contributed by atoms with Crippen LogP contribution in [-0.2, 0) is 52.7 Å². The zero-order chi connectivity index (χ0) is 65.1. The summed E-state index contributed by atoms with van der Waals surface area (Å²) < 4.78 is 0. The normalized spacial score (nSPS) is 27.0. The van der Waals surface area contributed by atoms with E-state index in [4.69, 9.17) is 0 Å². The van der Waals surface area contributed by atoms with Gasteiger partial charge in [-0.2, -0.15) is 0 Å². The SMILES string of the molecule is C/C=C/C[C@@H](C)[C@@H](O)[C@H]1C(=O)N[C@@H](CC)C(=O)N(C)CC(=O)N(C)C(CCC)C(=O)N[C@@H](C(C)C)C(=O)N(C)[C@@H](CC(C)C)C(=O)N[C@@H](C)C(=O)N[C@H](C)C(=O)N(C)[C@@H](CC(C)C)C(=O)N(C)[C@H](CC(C)C)C(=O)N(C)[C@@H](C(C)C)C(=O)N1C. The molecule has 11 amide bonds. The van der Waals surface area contributed by atoms with Crippen molar-refractivity contribution in [2.45, 2.75) is 222 Å². The van der Waals surface area contributed by atoms with E-state index in [1.54, 1.807) is 60.6 Å². The Hall–Kier alpha value is -6.13. The third-order valence-electron chi connectivity index (χ3n) is 15.9. The predicted molar refractivity (Wildman–Crippen MR) is 324 cm³/mol. The van der Waals surface area contributed by atoms with Crippen LogP contribution < -0.4 is 21.3 Å². The molecule has 480 valence electrons. The van der Waals surface area contributed by atoms with Gasteiger partial charge in [-0.25, -0.2) is 0 Å². The molecule has 23 heteroatoms. The van der Waals surface area contributed by atoms with Crippen molar-refractivity contribution in [3.05, 3.63) is 12.2 Å². The highest BCUT2D eigenvalue weighted by molar-refractivity contribution is 5.99. The monoisotopic (exact) mass is 1190 g/mol. The van der Waals surface area contributed by atoms with Gasteiger partial charge in [0.2, 0.25) is 65.0 Å². The van der Waals surface area contributed by atoms with Gasteiger partial charge in [0.15, 0.2) is 0 Å². The standard InChI is InChI=1S/C61H109N11O12/c1-24-27-29-39(14)51(74)50-55(78)64-42(26-3)57(80)66(17)33-47(73)67(18)43(28-25-2)53(76)65-48(37(10)11)60(83)68(19)44(30-34(4)5)54(77)62-40(15)52(75)63-41(16)56(79)69(20)45(31-35(6)7)58(81)70(21)46(32-36(8)9)59(82)71(22)49(38(12)13)61(84)72(50)23/h24,27,34-46,48-51,74H,25-26,28-33H2,1-23H3,(H,62,77)(H,63,75)(H,64,78)(H,65,76)/b27-24+/t39-,40+,41-,42+,43?,44+,45+,46-,48+,49+,50+,51-/m1/s1. The second-order valence-electron chi connectivity index (χ2n) is 25.3. The molecule has 0 aromatic carbocycles. The highest BCUT2D eigenvalue weighted by Crippen LogP contribution is 2.25. The molecule has 0 bridgehead atoms. The van der Waals surface area contributed by atoms with Gasteiger partial charge in [0.25, 0.3) is 0 Å². The van der Waals surface area contributed by atoms with Crippen molar-refractivity contribution in [3.8, 4) is 0 Å². The minimum atomic E-state index is -1.61. The quantitative estimate of drug-likeness (QED) is 0.148. The number of hydrogen-bond donors (Lipinski definition) is 5. The van der Waals surface area contributed by atoms with Crippen LogP contribution in [-0.4, -0.2) is 227 Å². The number of aliphatic hydroxyl groups is 1. The van der Waals surface area contributed by atoms with Gasteiger partial charge in [-0.1, -0.05) is 109 Å². The molecule has 0 spiro atoms. The first kappa shape index (κ1) is 75.9. The zero-order valence-electron chi connectivity index (χ0n) is 55.2. The number of aliphatic hydroxyl groups excluding tert-OH is 1. The predicted octanol–water partition coefficient (Wildman–Crippen LogP) is 3.02. The number of rotatable bonds is 15. The fraction of sp³-hybridized carbons (Fsp3) is 0.787. The number of nitrogens with zero attached hydrogens (tertiary/aromatic N) is 7. The van der Waals surface area contributed by atoms with E-state index in [1.807, 2.05) is 48.5 Å². The molecule has 1 rings (SSSR count). The highest BCUT2D eigenvalue weighted by Gasteiger charge is 2.45. The molecule has 1 unspecified atom stereocenters. The molecule has 1 aliphatic rings. The summed E-state index contributed by atoms with van der Waals surface area (Å²) in [5.74, 6) is -9.54. The molecule has 0 aromatic rings. The van der Waals surface area contributed by atoms with Gasteiger partial charge in [-0.05, 0) is 94.8 Å². The molecule has 0 saturated carbocycles. The van der Waals surface area contributed by atoms with Crippen molar-refractivity contribution in [1.82, 2.24) is 55.6 Å². The fourth-order valence-corrected chi connectivity index (χ4v) is 10.6. The van der Waals surface area contributed by atoms with E-state index in [1.165, 1.54) is 87.7 Å². The lowest BCUT2D eigenvalue weighted by Crippen LogP contribution is -2.63. The summed E-state index contributed by atoms with van der Waals surface area (Å²) in [4.78, 5) is 168. The van der Waals surface area contributed by atoms with Gasteiger partial charge in [0, 0.05) is 49.3 Å². The maximum absolute atomic E-state index is 15.1. The number of carbonyl (C=O) groups is 11. The molecule has 84 heavy (non-hydrogen) atoms. The number of nitrogens with one attached hydrogen (secondary N) is 4. The Morgan fingerprint density at radius 3 is 1.40 bits per heavy atom. The van der Waals surface area contributed by atoms with Gasteiger partial charge in [0.1, 0.15) is 60.4 Å². The third-order valence-corrected chi connectivity index (χ3v) is 15.9. The maximum Gasteiger partial charge on any atom is 0.246 e. The lowest BCUT2D eigenvalue weighted by molar-refractivity contribution is -0.157. The minimum Gasteiger partial charge on any atom is -0.390 e. The Balaban J connectivity index is 4.29. The van der Waals surface area contributed by atoms with Gasteiger partial charge >= 0.3 is 0 Å². The van der Waals surface area contributed by atoms with E-state index in [-0.39, 0.29) is 49.9 Å². The topological polar surface area (TPSA) is 279 Å². The Labute approximate surface area is 502 Å². The zero-order valence-corrected chi connectivity index (χ0v) is 55.2. The van der Waals surface area contributed by atoms with Crippen LogP contribution in [0.1, 0.15) is 156 Å². The van der Waals surface area contributed by atoms with E-state index in [2.05, 4.69) is 21.3 Å². The average Bonchev–Trinajstić information content (AvgIpc) is 3.46. The van der Waals surface area contributed by atoms with E-state index in [9.17, 15) is 48.3 Å². The number of carbonyl (C=O) groups excluding carboxylic acids is 11. The summed E-state index contributed by atoms with van der Waals surface area (Å²) in [6.07, 6.45) is 3.51. The molecule has 0 aliphatic carbocycles. The molecular weight excluding hydrogens is 1080 g/mol. The fourth-order valence-electron chi connectivity index (χ4n) is 10.6. The van der Waals surface area contributed by atoms with Crippen LogP contribution in [0, 0.1) is 35.5 Å². The summed E-state index contributed by atoms with van der Waals surface area (Å²) in [6, 6.07) is -12.3.